The highest BCUT2D eigenvalue weighted by Crippen LogP contribution is 2.18. The summed E-state index contributed by atoms with van der Waals surface area (Å²) in [4.78, 5) is 37.7. The van der Waals surface area contributed by atoms with Gasteiger partial charge in [0.05, 0.1) is 6.61 Å². The van der Waals surface area contributed by atoms with Crippen LogP contribution in [0, 0.1) is 0 Å². The molecule has 0 saturated carbocycles. The molecule has 0 unspecified atom stereocenters. The Bertz CT molecular complexity index is 785. The van der Waals surface area contributed by atoms with Gasteiger partial charge in [-0.15, -0.1) is 0 Å². The third kappa shape index (κ3) is 5.10. The van der Waals surface area contributed by atoms with Crippen LogP contribution in [0.25, 0.3) is 0 Å². The normalized spacial score (nSPS) is 11.3. The Kier molecular flexibility index (Phi) is 6.16. The molecule has 0 radical (unpaired) electrons. The van der Waals surface area contributed by atoms with E-state index in [4.69, 9.17) is 9.47 Å². The van der Waals surface area contributed by atoms with Crippen LogP contribution in [0.4, 0.5) is 0 Å². The number of amides is 2. The Morgan fingerprint density at radius 2 is 1.80 bits per heavy atom. The summed E-state index contributed by atoms with van der Waals surface area (Å²) in [5, 5.41) is 0. The highest BCUT2D eigenvalue weighted by molar-refractivity contribution is 5.95. The molecule has 2 amide bonds. The van der Waals surface area contributed by atoms with Crippen LogP contribution < -0.4 is 25.9 Å². The van der Waals surface area contributed by atoms with Gasteiger partial charge < -0.3 is 14.5 Å². The number of hydrazine groups is 1. The Morgan fingerprint density at radius 1 is 1.12 bits per heavy atom. The smallest absolute Gasteiger partial charge is 0.279 e. The van der Waals surface area contributed by atoms with Gasteiger partial charge in [-0.2, -0.15) is 0 Å². The number of aromatic nitrogens is 1. The van der Waals surface area contributed by atoms with Crippen molar-refractivity contribution in [1.29, 1.82) is 0 Å². The fourth-order valence-corrected chi connectivity index (χ4v) is 1.93. The van der Waals surface area contributed by atoms with Crippen LogP contribution >= 0.6 is 0 Å². The molecule has 25 heavy (non-hydrogen) atoms. The van der Waals surface area contributed by atoms with Crippen LogP contribution in [0.1, 0.15) is 24.2 Å². The topological polar surface area (TPSA) is 110 Å². The van der Waals surface area contributed by atoms with Gasteiger partial charge in [0.15, 0.2) is 6.10 Å². The third-order valence-electron chi connectivity index (χ3n) is 3.18. The summed E-state index contributed by atoms with van der Waals surface area (Å²) in [5.41, 5.74) is 3.74. The second kappa shape index (κ2) is 8.53. The molecule has 8 heteroatoms. The van der Waals surface area contributed by atoms with Gasteiger partial charge in [0, 0.05) is 6.20 Å². The number of aromatic amines is 1. The van der Waals surface area contributed by atoms with Gasteiger partial charge in [0.1, 0.15) is 17.1 Å². The van der Waals surface area contributed by atoms with Gasteiger partial charge in [-0.3, -0.25) is 25.2 Å². The largest absolute Gasteiger partial charge is 0.494 e. The highest BCUT2D eigenvalue weighted by Gasteiger charge is 2.17. The molecule has 1 heterocycles. The van der Waals surface area contributed by atoms with Crippen LogP contribution in [0.3, 0.4) is 0 Å². The number of hydrogen-bond donors (Lipinski definition) is 3. The molecule has 132 valence electrons. The number of rotatable bonds is 6. The molecule has 8 nitrogen and oxygen atoms in total. The van der Waals surface area contributed by atoms with Crippen molar-refractivity contribution in [3.05, 3.63) is 58.5 Å². The van der Waals surface area contributed by atoms with Crippen molar-refractivity contribution >= 4 is 11.8 Å². The summed E-state index contributed by atoms with van der Waals surface area (Å²) in [7, 11) is 0. The van der Waals surface area contributed by atoms with Crippen molar-refractivity contribution in [2.45, 2.75) is 20.0 Å². The van der Waals surface area contributed by atoms with E-state index < -0.39 is 23.5 Å². The summed E-state index contributed by atoms with van der Waals surface area (Å²) in [6.07, 6.45) is 0.553. The Balaban J connectivity index is 1.86. The molecule has 2 aromatic rings. The molecular formula is C17H19N3O5. The first-order chi connectivity index (χ1) is 12.0. The van der Waals surface area contributed by atoms with Crippen LogP contribution in [-0.2, 0) is 4.79 Å². The zero-order valence-corrected chi connectivity index (χ0v) is 13.9. The van der Waals surface area contributed by atoms with E-state index in [1.54, 1.807) is 24.3 Å². The van der Waals surface area contributed by atoms with E-state index in [0.717, 1.165) is 0 Å². The maximum atomic E-state index is 12.0. The van der Waals surface area contributed by atoms with Crippen molar-refractivity contribution in [2.75, 3.05) is 6.61 Å². The minimum absolute atomic E-state index is 0.108. The van der Waals surface area contributed by atoms with Crippen molar-refractivity contribution in [3.63, 3.8) is 0 Å². The number of pyridine rings is 1. The molecule has 0 spiro atoms. The van der Waals surface area contributed by atoms with Crippen molar-refractivity contribution in [1.82, 2.24) is 15.8 Å². The minimum atomic E-state index is -0.854. The monoisotopic (exact) mass is 345 g/mol. The molecule has 0 aliphatic carbocycles. The second-order valence-electron chi connectivity index (χ2n) is 5.02. The number of benzene rings is 1. The van der Waals surface area contributed by atoms with Crippen LogP contribution in [-0.4, -0.2) is 29.5 Å². The lowest BCUT2D eigenvalue weighted by atomic mass is 10.3. The molecule has 0 fully saturated rings. The van der Waals surface area contributed by atoms with E-state index in [1.807, 2.05) is 6.92 Å². The molecule has 1 atom stereocenters. The van der Waals surface area contributed by atoms with Crippen LogP contribution in [0.5, 0.6) is 11.5 Å². The summed E-state index contributed by atoms with van der Waals surface area (Å²) in [6.45, 7) is 3.98. The lowest BCUT2D eigenvalue weighted by Gasteiger charge is -2.15. The van der Waals surface area contributed by atoms with Crippen molar-refractivity contribution in [3.8, 4) is 11.5 Å². The molecule has 0 aliphatic rings. The SMILES string of the molecule is CCOc1ccc(O[C@@H](C)C(=O)NNC(=O)c2ccc[nH]c2=O)cc1. The standard InChI is InChI=1S/C17H19N3O5/c1-3-24-12-6-8-13(9-7-12)25-11(2)15(21)19-20-17(23)14-5-4-10-18-16(14)22/h4-11H,3H2,1-2H3,(H,18,22)(H,19,21)(H,20,23)/t11-/m0/s1. The fourth-order valence-electron chi connectivity index (χ4n) is 1.93. The van der Waals surface area contributed by atoms with Gasteiger partial charge in [-0.25, -0.2) is 0 Å². The van der Waals surface area contributed by atoms with Gasteiger partial charge in [0.25, 0.3) is 17.4 Å². The summed E-state index contributed by atoms with van der Waals surface area (Å²) in [5.74, 6) is -0.0951. The van der Waals surface area contributed by atoms with E-state index in [2.05, 4.69) is 15.8 Å². The first-order valence-electron chi connectivity index (χ1n) is 7.68. The molecule has 1 aromatic carbocycles. The third-order valence-corrected chi connectivity index (χ3v) is 3.18. The number of carbonyl (C=O) groups is 2. The van der Waals surface area contributed by atoms with E-state index >= 15 is 0 Å². The van der Waals surface area contributed by atoms with Gasteiger partial charge in [-0.05, 0) is 50.2 Å². The predicted octanol–water partition coefficient (Wildman–Crippen LogP) is 1.00. The van der Waals surface area contributed by atoms with E-state index in [9.17, 15) is 14.4 Å². The van der Waals surface area contributed by atoms with Crippen LogP contribution in [0.2, 0.25) is 0 Å². The zero-order chi connectivity index (χ0) is 18.2. The maximum absolute atomic E-state index is 12.0. The lowest BCUT2D eigenvalue weighted by molar-refractivity contribution is -0.128. The molecule has 0 aliphatic heterocycles. The average Bonchev–Trinajstić information content (AvgIpc) is 2.61. The second-order valence-corrected chi connectivity index (χ2v) is 5.02. The Hall–Kier alpha value is -3.29. The number of H-pyrrole nitrogens is 1. The van der Waals surface area contributed by atoms with Crippen molar-refractivity contribution in [2.24, 2.45) is 0 Å². The fraction of sp³-hybridized carbons (Fsp3) is 0.235. The van der Waals surface area contributed by atoms with Gasteiger partial charge >= 0.3 is 0 Å². The maximum Gasteiger partial charge on any atom is 0.279 e. The van der Waals surface area contributed by atoms with E-state index in [0.29, 0.717) is 18.1 Å². The predicted molar refractivity (Wildman–Crippen MR) is 90.4 cm³/mol. The molecule has 0 bridgehead atoms. The number of ether oxygens (including phenoxy) is 2. The first kappa shape index (κ1) is 18.1. The number of hydrogen-bond acceptors (Lipinski definition) is 5. The van der Waals surface area contributed by atoms with Gasteiger partial charge in [-0.1, -0.05) is 0 Å². The average molecular weight is 345 g/mol. The Morgan fingerprint density at radius 3 is 2.44 bits per heavy atom. The van der Waals surface area contributed by atoms with Gasteiger partial charge in [0.2, 0.25) is 0 Å². The number of nitrogens with one attached hydrogen (secondary N) is 3. The molecule has 2 rings (SSSR count). The minimum Gasteiger partial charge on any atom is -0.494 e. The molecular weight excluding hydrogens is 326 g/mol. The summed E-state index contributed by atoms with van der Waals surface area (Å²) in [6, 6.07) is 9.67. The first-order valence-corrected chi connectivity index (χ1v) is 7.68. The quantitative estimate of drug-likeness (QED) is 0.677. The molecule has 3 N–H and O–H groups in total. The summed E-state index contributed by atoms with van der Waals surface area (Å²) >= 11 is 0. The Labute approximate surface area is 144 Å². The highest BCUT2D eigenvalue weighted by atomic mass is 16.5. The van der Waals surface area contributed by atoms with Crippen molar-refractivity contribution < 1.29 is 19.1 Å². The number of carbonyl (C=O) groups excluding carboxylic acids is 2. The van der Waals surface area contributed by atoms with E-state index in [-0.39, 0.29) is 5.56 Å². The van der Waals surface area contributed by atoms with Crippen LogP contribution in [0.15, 0.2) is 47.4 Å². The summed E-state index contributed by atoms with van der Waals surface area (Å²) < 4.78 is 10.8. The molecule has 1 aromatic heterocycles. The lowest BCUT2D eigenvalue weighted by Crippen LogP contribution is -2.48. The zero-order valence-electron chi connectivity index (χ0n) is 13.9. The van der Waals surface area contributed by atoms with E-state index in [1.165, 1.54) is 25.3 Å². The molecule has 0 saturated heterocycles.